The fraction of sp³-hybridized carbons (Fsp3) is 0.538. The van der Waals surface area contributed by atoms with Crippen LogP contribution in [0.1, 0.15) is 19.4 Å². The summed E-state index contributed by atoms with van der Waals surface area (Å²) in [6, 6.07) is 6.31. The summed E-state index contributed by atoms with van der Waals surface area (Å²) in [5.41, 5.74) is 7.96. The van der Waals surface area contributed by atoms with Crippen molar-refractivity contribution < 1.29 is 4.74 Å². The van der Waals surface area contributed by atoms with Crippen LogP contribution in [0.2, 0.25) is 5.02 Å². The lowest BCUT2D eigenvalue weighted by Gasteiger charge is -2.39. The number of hydrogen-bond donors (Lipinski definition) is 1. The molecule has 1 heterocycles. The normalized spacial score (nSPS) is 25.1. The summed E-state index contributed by atoms with van der Waals surface area (Å²) in [5.74, 6) is 0. The van der Waals surface area contributed by atoms with Crippen LogP contribution >= 0.6 is 11.6 Å². The predicted octanol–water partition coefficient (Wildman–Crippen LogP) is 2.41. The molecular formula is C13H19ClN2O. The van der Waals surface area contributed by atoms with E-state index in [1.807, 2.05) is 12.1 Å². The van der Waals surface area contributed by atoms with Crippen LogP contribution in [-0.2, 0) is 11.3 Å². The van der Waals surface area contributed by atoms with Gasteiger partial charge in [-0.2, -0.15) is 0 Å². The Morgan fingerprint density at radius 3 is 2.94 bits per heavy atom. The Hall–Kier alpha value is -0.770. The lowest BCUT2D eigenvalue weighted by Crippen LogP contribution is -2.47. The second kappa shape index (κ2) is 5.25. The van der Waals surface area contributed by atoms with Crippen LogP contribution in [-0.4, -0.2) is 25.3 Å². The van der Waals surface area contributed by atoms with Crippen LogP contribution in [0, 0.1) is 0 Å². The third kappa shape index (κ3) is 2.57. The van der Waals surface area contributed by atoms with Crippen molar-refractivity contribution in [2.75, 3.05) is 18.1 Å². The highest BCUT2D eigenvalue weighted by molar-refractivity contribution is 6.31. The average Bonchev–Trinajstić information content (AvgIpc) is 2.32. The highest BCUT2D eigenvalue weighted by atomic mass is 35.5. The van der Waals surface area contributed by atoms with Crippen LogP contribution < -0.4 is 10.6 Å². The molecule has 1 saturated heterocycles. The van der Waals surface area contributed by atoms with Gasteiger partial charge in [-0.15, -0.1) is 0 Å². The number of halogens is 1. The second-order valence-electron chi connectivity index (χ2n) is 4.59. The highest BCUT2D eigenvalue weighted by Crippen LogP contribution is 2.30. The van der Waals surface area contributed by atoms with Gasteiger partial charge in [-0.25, -0.2) is 0 Å². The van der Waals surface area contributed by atoms with E-state index in [4.69, 9.17) is 22.1 Å². The highest BCUT2D eigenvalue weighted by Gasteiger charge is 2.25. The van der Waals surface area contributed by atoms with Gasteiger partial charge in [0.25, 0.3) is 0 Å². The molecule has 94 valence electrons. The van der Waals surface area contributed by atoms with Crippen molar-refractivity contribution in [3.05, 3.63) is 28.8 Å². The number of anilines is 1. The largest absolute Gasteiger partial charge is 0.375 e. The van der Waals surface area contributed by atoms with E-state index < -0.39 is 0 Å². The first-order chi connectivity index (χ1) is 8.13. The van der Waals surface area contributed by atoms with E-state index in [0.29, 0.717) is 12.6 Å². The van der Waals surface area contributed by atoms with Gasteiger partial charge in [-0.1, -0.05) is 17.7 Å². The van der Waals surface area contributed by atoms with Gasteiger partial charge in [0.15, 0.2) is 0 Å². The third-order valence-electron chi connectivity index (χ3n) is 3.22. The molecule has 0 radical (unpaired) electrons. The van der Waals surface area contributed by atoms with E-state index in [0.717, 1.165) is 29.4 Å². The maximum atomic E-state index is 6.19. The first kappa shape index (κ1) is 12.7. The molecule has 1 aromatic carbocycles. The molecule has 2 atom stereocenters. The lowest BCUT2D eigenvalue weighted by atomic mass is 10.1. The van der Waals surface area contributed by atoms with E-state index in [9.17, 15) is 0 Å². The van der Waals surface area contributed by atoms with Crippen molar-refractivity contribution in [1.29, 1.82) is 0 Å². The summed E-state index contributed by atoms with van der Waals surface area (Å²) in [6.45, 7) is 6.35. The van der Waals surface area contributed by atoms with Crippen LogP contribution in [0.15, 0.2) is 18.2 Å². The van der Waals surface area contributed by atoms with Crippen molar-refractivity contribution in [2.24, 2.45) is 5.73 Å². The minimum atomic E-state index is 0.246. The van der Waals surface area contributed by atoms with E-state index in [2.05, 4.69) is 24.8 Å². The number of nitrogens with zero attached hydrogens (tertiary/aromatic N) is 1. The molecule has 3 nitrogen and oxygen atoms in total. The van der Waals surface area contributed by atoms with Gasteiger partial charge in [0.2, 0.25) is 0 Å². The maximum Gasteiger partial charge on any atom is 0.0723 e. The molecule has 1 aliphatic rings. The van der Waals surface area contributed by atoms with Gasteiger partial charge in [0, 0.05) is 35.4 Å². The van der Waals surface area contributed by atoms with Gasteiger partial charge >= 0.3 is 0 Å². The standard InChI is InChI=1S/C13H19ClN2O/c1-9-8-17-10(2)7-16(9)13-5-3-4-12(14)11(13)6-15/h3-5,9-10H,6-8,15H2,1-2H3. The minimum Gasteiger partial charge on any atom is -0.375 e. The first-order valence-corrected chi connectivity index (χ1v) is 6.37. The zero-order valence-corrected chi connectivity index (χ0v) is 11.1. The monoisotopic (exact) mass is 254 g/mol. The Morgan fingerprint density at radius 2 is 2.24 bits per heavy atom. The van der Waals surface area contributed by atoms with E-state index in [1.54, 1.807) is 0 Å². The van der Waals surface area contributed by atoms with Gasteiger partial charge in [0.05, 0.1) is 12.7 Å². The average molecular weight is 255 g/mol. The molecule has 1 aliphatic heterocycles. The molecule has 0 aromatic heterocycles. The van der Waals surface area contributed by atoms with Gasteiger partial charge < -0.3 is 15.4 Å². The number of benzene rings is 1. The summed E-state index contributed by atoms with van der Waals surface area (Å²) in [4.78, 5) is 2.34. The molecule has 0 saturated carbocycles. The Kier molecular flexibility index (Phi) is 3.92. The Morgan fingerprint density at radius 1 is 1.47 bits per heavy atom. The van der Waals surface area contributed by atoms with Crippen LogP contribution in [0.4, 0.5) is 5.69 Å². The molecule has 0 spiro atoms. The predicted molar refractivity (Wildman–Crippen MR) is 71.6 cm³/mol. The summed E-state index contributed by atoms with van der Waals surface area (Å²) in [7, 11) is 0. The second-order valence-corrected chi connectivity index (χ2v) is 4.99. The van der Waals surface area contributed by atoms with Crippen molar-refractivity contribution >= 4 is 17.3 Å². The third-order valence-corrected chi connectivity index (χ3v) is 3.57. The molecule has 1 aromatic rings. The molecule has 0 amide bonds. The van der Waals surface area contributed by atoms with Gasteiger partial charge in [0.1, 0.15) is 0 Å². The van der Waals surface area contributed by atoms with Crippen LogP contribution in [0.5, 0.6) is 0 Å². The maximum absolute atomic E-state index is 6.19. The molecule has 17 heavy (non-hydrogen) atoms. The van der Waals surface area contributed by atoms with Gasteiger partial charge in [-0.3, -0.25) is 0 Å². The van der Waals surface area contributed by atoms with Crippen molar-refractivity contribution in [3.63, 3.8) is 0 Å². The van der Waals surface area contributed by atoms with Crippen molar-refractivity contribution in [2.45, 2.75) is 32.5 Å². The van der Waals surface area contributed by atoms with Gasteiger partial charge in [-0.05, 0) is 26.0 Å². The first-order valence-electron chi connectivity index (χ1n) is 5.99. The molecule has 2 rings (SSSR count). The summed E-state index contributed by atoms with van der Waals surface area (Å²) in [6.07, 6.45) is 0.246. The molecule has 0 bridgehead atoms. The topological polar surface area (TPSA) is 38.5 Å². The summed E-state index contributed by atoms with van der Waals surface area (Å²) < 4.78 is 5.64. The van der Waals surface area contributed by atoms with E-state index in [-0.39, 0.29) is 6.10 Å². The quantitative estimate of drug-likeness (QED) is 0.881. The summed E-state index contributed by atoms with van der Waals surface area (Å²) >= 11 is 6.19. The number of morpholine rings is 1. The molecule has 4 heteroatoms. The summed E-state index contributed by atoms with van der Waals surface area (Å²) in [5, 5.41) is 0.747. The zero-order valence-electron chi connectivity index (χ0n) is 10.3. The van der Waals surface area contributed by atoms with Crippen LogP contribution in [0.3, 0.4) is 0 Å². The molecular weight excluding hydrogens is 236 g/mol. The molecule has 2 N–H and O–H groups in total. The Balaban J connectivity index is 2.35. The molecule has 1 fully saturated rings. The number of nitrogens with two attached hydrogens (primary N) is 1. The molecule has 0 aliphatic carbocycles. The van der Waals surface area contributed by atoms with E-state index in [1.165, 1.54) is 0 Å². The number of rotatable bonds is 2. The van der Waals surface area contributed by atoms with Crippen LogP contribution in [0.25, 0.3) is 0 Å². The van der Waals surface area contributed by atoms with Crippen molar-refractivity contribution in [1.82, 2.24) is 0 Å². The Labute approximate surface area is 107 Å². The fourth-order valence-corrected chi connectivity index (χ4v) is 2.50. The lowest BCUT2D eigenvalue weighted by molar-refractivity contribution is 0.0343. The number of hydrogen-bond acceptors (Lipinski definition) is 3. The van der Waals surface area contributed by atoms with E-state index >= 15 is 0 Å². The SMILES string of the molecule is CC1CN(c2cccc(Cl)c2CN)C(C)CO1. The van der Waals surface area contributed by atoms with Crippen molar-refractivity contribution in [3.8, 4) is 0 Å². The fourth-order valence-electron chi connectivity index (χ4n) is 2.26. The smallest absolute Gasteiger partial charge is 0.0723 e. The zero-order chi connectivity index (χ0) is 12.4. The number of ether oxygens (including phenoxy) is 1. The minimum absolute atomic E-state index is 0.246. The Bertz CT molecular complexity index is 397. The molecule has 2 unspecified atom stereocenters.